The van der Waals surface area contributed by atoms with E-state index in [1.807, 2.05) is 30.3 Å². The zero-order valence-corrected chi connectivity index (χ0v) is 13.0. The van der Waals surface area contributed by atoms with Crippen molar-refractivity contribution in [3.63, 3.8) is 0 Å². The first-order chi connectivity index (χ1) is 9.16. The van der Waals surface area contributed by atoms with E-state index in [0.717, 1.165) is 15.6 Å². The normalized spacial score (nSPS) is 10.2. The van der Waals surface area contributed by atoms with Gasteiger partial charge in [-0.1, -0.05) is 29.8 Å². The largest absolute Gasteiger partial charge is 0.352 e. The van der Waals surface area contributed by atoms with Gasteiger partial charge in [-0.2, -0.15) is 0 Å². The molecule has 1 heterocycles. The Morgan fingerprint density at radius 3 is 2.74 bits per heavy atom. The first-order valence-corrected chi connectivity index (χ1v) is 7.25. The van der Waals surface area contributed by atoms with Crippen molar-refractivity contribution in [3.8, 4) is 0 Å². The molecule has 0 aliphatic rings. The van der Waals surface area contributed by atoms with Crippen LogP contribution in [-0.4, -0.2) is 17.4 Å². The van der Waals surface area contributed by atoms with E-state index >= 15 is 0 Å². The molecule has 98 valence electrons. The van der Waals surface area contributed by atoms with Gasteiger partial charge in [0.2, 0.25) is 0 Å². The van der Waals surface area contributed by atoms with Crippen LogP contribution in [0.1, 0.15) is 15.9 Å². The van der Waals surface area contributed by atoms with Crippen LogP contribution in [0.3, 0.4) is 0 Å². The number of benzene rings is 1. The van der Waals surface area contributed by atoms with Gasteiger partial charge < -0.3 is 5.32 Å². The fraction of sp³-hybridized carbons (Fsp3) is 0.143. The standard InChI is InChI=1S/C14H12ClIN2O/c15-13-6-5-10(9-18-13)7-8-17-14(19)11-3-1-2-4-12(11)16/h1-6,9H,7-8H2,(H,17,19). The second-order valence-electron chi connectivity index (χ2n) is 3.97. The van der Waals surface area contributed by atoms with Gasteiger partial charge in [-0.15, -0.1) is 0 Å². The molecule has 1 aromatic heterocycles. The highest BCUT2D eigenvalue weighted by Crippen LogP contribution is 2.11. The summed E-state index contributed by atoms with van der Waals surface area (Å²) in [6.07, 6.45) is 2.46. The van der Waals surface area contributed by atoms with Crippen molar-refractivity contribution in [2.24, 2.45) is 0 Å². The summed E-state index contributed by atoms with van der Waals surface area (Å²) in [6, 6.07) is 11.2. The Hall–Kier alpha value is -1.14. The van der Waals surface area contributed by atoms with E-state index in [1.54, 1.807) is 12.3 Å². The van der Waals surface area contributed by atoms with Gasteiger partial charge in [-0.05, 0) is 52.8 Å². The molecule has 0 unspecified atom stereocenters. The van der Waals surface area contributed by atoms with E-state index in [0.29, 0.717) is 17.3 Å². The number of rotatable bonds is 4. The number of pyridine rings is 1. The van der Waals surface area contributed by atoms with Crippen LogP contribution in [0.25, 0.3) is 0 Å². The minimum atomic E-state index is -0.0491. The molecule has 2 rings (SSSR count). The zero-order valence-electron chi connectivity index (χ0n) is 10.1. The number of nitrogens with one attached hydrogen (secondary N) is 1. The van der Waals surface area contributed by atoms with E-state index in [9.17, 15) is 4.79 Å². The lowest BCUT2D eigenvalue weighted by molar-refractivity contribution is 0.0953. The van der Waals surface area contributed by atoms with Crippen molar-refractivity contribution in [1.29, 1.82) is 0 Å². The van der Waals surface area contributed by atoms with Crippen LogP contribution in [0, 0.1) is 3.57 Å². The second-order valence-corrected chi connectivity index (χ2v) is 5.52. The first kappa shape index (κ1) is 14.3. The summed E-state index contributed by atoms with van der Waals surface area (Å²) in [6.45, 7) is 0.577. The van der Waals surface area contributed by atoms with Crippen LogP contribution in [-0.2, 0) is 6.42 Å². The predicted octanol–water partition coefficient (Wildman–Crippen LogP) is 3.31. The molecular weight excluding hydrogens is 375 g/mol. The van der Waals surface area contributed by atoms with Gasteiger partial charge in [0, 0.05) is 16.3 Å². The highest BCUT2D eigenvalue weighted by atomic mass is 127. The number of hydrogen-bond acceptors (Lipinski definition) is 2. The molecule has 0 fully saturated rings. The van der Waals surface area contributed by atoms with E-state index in [4.69, 9.17) is 11.6 Å². The predicted molar refractivity (Wildman–Crippen MR) is 84.4 cm³/mol. The highest BCUT2D eigenvalue weighted by molar-refractivity contribution is 14.1. The van der Waals surface area contributed by atoms with Crippen molar-refractivity contribution in [3.05, 3.63) is 62.4 Å². The molecule has 0 atom stereocenters. The monoisotopic (exact) mass is 386 g/mol. The quantitative estimate of drug-likeness (QED) is 0.647. The highest BCUT2D eigenvalue weighted by Gasteiger charge is 2.07. The summed E-state index contributed by atoms with van der Waals surface area (Å²) >= 11 is 7.87. The number of carbonyl (C=O) groups is 1. The van der Waals surface area contributed by atoms with Crippen LogP contribution in [0.4, 0.5) is 0 Å². The molecule has 1 aromatic carbocycles. The fourth-order valence-corrected chi connectivity index (χ4v) is 2.36. The molecule has 2 aromatic rings. The molecule has 0 spiro atoms. The van der Waals surface area contributed by atoms with Gasteiger partial charge >= 0.3 is 0 Å². The Morgan fingerprint density at radius 1 is 1.26 bits per heavy atom. The summed E-state index contributed by atoms with van der Waals surface area (Å²) in [5.41, 5.74) is 1.75. The molecule has 0 saturated carbocycles. The molecule has 0 aliphatic heterocycles. The van der Waals surface area contributed by atoms with Gasteiger partial charge in [0.15, 0.2) is 0 Å². The molecule has 0 saturated heterocycles. The van der Waals surface area contributed by atoms with Crippen LogP contribution in [0.5, 0.6) is 0 Å². The van der Waals surface area contributed by atoms with Gasteiger partial charge in [-0.25, -0.2) is 4.98 Å². The van der Waals surface area contributed by atoms with E-state index in [2.05, 4.69) is 32.9 Å². The van der Waals surface area contributed by atoms with E-state index < -0.39 is 0 Å². The molecule has 0 bridgehead atoms. The average molecular weight is 387 g/mol. The van der Waals surface area contributed by atoms with Gasteiger partial charge in [0.1, 0.15) is 5.15 Å². The maximum atomic E-state index is 12.0. The molecule has 1 amide bonds. The molecule has 1 N–H and O–H groups in total. The summed E-state index contributed by atoms with van der Waals surface area (Å²) < 4.78 is 0.950. The lowest BCUT2D eigenvalue weighted by Crippen LogP contribution is -2.26. The Bertz CT molecular complexity index is 572. The maximum Gasteiger partial charge on any atom is 0.252 e. The van der Waals surface area contributed by atoms with E-state index in [1.165, 1.54) is 0 Å². The SMILES string of the molecule is O=C(NCCc1ccc(Cl)nc1)c1ccccc1I. The summed E-state index contributed by atoms with van der Waals surface area (Å²) in [5, 5.41) is 3.38. The number of amides is 1. The zero-order chi connectivity index (χ0) is 13.7. The van der Waals surface area contributed by atoms with Gasteiger partial charge in [-0.3, -0.25) is 4.79 Å². The third-order valence-electron chi connectivity index (χ3n) is 2.61. The summed E-state index contributed by atoms with van der Waals surface area (Å²) in [7, 11) is 0. The van der Waals surface area contributed by atoms with Gasteiger partial charge in [0.25, 0.3) is 5.91 Å². The van der Waals surface area contributed by atoms with Crippen molar-refractivity contribution in [2.45, 2.75) is 6.42 Å². The lowest BCUT2D eigenvalue weighted by Gasteiger charge is -2.06. The van der Waals surface area contributed by atoms with Crippen molar-refractivity contribution >= 4 is 40.1 Å². The smallest absolute Gasteiger partial charge is 0.252 e. The molecule has 0 radical (unpaired) electrons. The second kappa shape index (κ2) is 6.86. The number of aromatic nitrogens is 1. The Labute approximate surface area is 130 Å². The third kappa shape index (κ3) is 4.18. The maximum absolute atomic E-state index is 12.0. The fourth-order valence-electron chi connectivity index (χ4n) is 1.62. The topological polar surface area (TPSA) is 42.0 Å². The number of nitrogens with zero attached hydrogens (tertiary/aromatic N) is 1. The molecular formula is C14H12ClIN2O. The minimum absolute atomic E-state index is 0.0491. The number of hydrogen-bond donors (Lipinski definition) is 1. The molecule has 3 nitrogen and oxygen atoms in total. The van der Waals surface area contributed by atoms with Crippen LogP contribution < -0.4 is 5.32 Å². The van der Waals surface area contributed by atoms with Gasteiger partial charge in [0.05, 0.1) is 5.56 Å². The number of halogens is 2. The van der Waals surface area contributed by atoms with Crippen molar-refractivity contribution < 1.29 is 4.79 Å². The van der Waals surface area contributed by atoms with Crippen LogP contribution >= 0.6 is 34.2 Å². The first-order valence-electron chi connectivity index (χ1n) is 5.80. The number of carbonyl (C=O) groups excluding carboxylic acids is 1. The molecule has 5 heteroatoms. The Morgan fingerprint density at radius 2 is 2.05 bits per heavy atom. The van der Waals surface area contributed by atoms with Crippen LogP contribution in [0.15, 0.2) is 42.6 Å². The van der Waals surface area contributed by atoms with E-state index in [-0.39, 0.29) is 5.91 Å². The Balaban J connectivity index is 1.88. The third-order valence-corrected chi connectivity index (χ3v) is 3.77. The summed E-state index contributed by atoms with van der Waals surface area (Å²) in [4.78, 5) is 16.0. The average Bonchev–Trinajstić information content (AvgIpc) is 2.41. The molecule has 19 heavy (non-hydrogen) atoms. The van der Waals surface area contributed by atoms with Crippen LogP contribution in [0.2, 0.25) is 5.15 Å². The molecule has 0 aliphatic carbocycles. The lowest BCUT2D eigenvalue weighted by atomic mass is 10.2. The van der Waals surface area contributed by atoms with Crippen molar-refractivity contribution in [2.75, 3.05) is 6.54 Å². The Kier molecular flexibility index (Phi) is 5.15. The minimum Gasteiger partial charge on any atom is -0.352 e. The van der Waals surface area contributed by atoms with Crippen molar-refractivity contribution in [1.82, 2.24) is 10.3 Å². The summed E-state index contributed by atoms with van der Waals surface area (Å²) in [5.74, 6) is -0.0491.